The third kappa shape index (κ3) is 4.42. The normalized spacial score (nSPS) is 18.5. The molecule has 0 spiro atoms. The Morgan fingerprint density at radius 1 is 1.03 bits per heavy atom. The summed E-state index contributed by atoms with van der Waals surface area (Å²) in [6, 6.07) is 11.1. The number of nitrogens with zero attached hydrogens (tertiary/aromatic N) is 1. The van der Waals surface area contributed by atoms with Gasteiger partial charge in [0.2, 0.25) is 5.91 Å². The fourth-order valence-corrected chi connectivity index (χ4v) is 3.90. The number of hydrogen-bond donors (Lipinski definition) is 3. The first-order valence-corrected chi connectivity index (χ1v) is 10.2. The average molecular weight is 471 g/mol. The molecule has 1 atom stereocenters. The van der Waals surface area contributed by atoms with E-state index in [0.29, 0.717) is 24.3 Å². The number of urea groups is 1. The number of Topliss-reactive ketones (excluding diaryl/α,β-unsaturated/α-hetero) is 1. The van der Waals surface area contributed by atoms with Gasteiger partial charge in [0.25, 0.3) is 5.91 Å². The standard InChI is InChI=1S/C21H19BrN4O4/c22-15-3-5-16(6-4-15)24-21(30)25-19(28)12-1-2-13-10-26(11-14(13)7-12)18-8-17(27)9-23-20(18)29/h1-7,18H,8-11H2,(H,23,29)(H2,24,25,28,30). The van der Waals surface area contributed by atoms with Crippen LogP contribution >= 0.6 is 15.9 Å². The van der Waals surface area contributed by atoms with Crippen molar-refractivity contribution in [2.75, 3.05) is 11.9 Å². The maximum Gasteiger partial charge on any atom is 0.326 e. The lowest BCUT2D eigenvalue weighted by atomic mass is 10.0. The van der Waals surface area contributed by atoms with E-state index in [2.05, 4.69) is 31.9 Å². The van der Waals surface area contributed by atoms with E-state index < -0.39 is 18.0 Å². The quantitative estimate of drug-likeness (QED) is 0.637. The van der Waals surface area contributed by atoms with Gasteiger partial charge >= 0.3 is 6.03 Å². The number of ketones is 1. The maximum atomic E-state index is 12.5. The SMILES string of the molecule is O=C1CNC(=O)C(N2Cc3ccc(C(=O)NC(=O)Nc4ccc(Br)cc4)cc3C2)C1. The smallest absolute Gasteiger partial charge is 0.326 e. The Hall–Kier alpha value is -3.04. The van der Waals surface area contributed by atoms with Crippen molar-refractivity contribution in [2.45, 2.75) is 25.6 Å². The molecule has 1 unspecified atom stereocenters. The zero-order chi connectivity index (χ0) is 21.3. The number of carbonyl (C=O) groups is 4. The van der Waals surface area contributed by atoms with Crippen LogP contribution in [0.5, 0.6) is 0 Å². The predicted molar refractivity (Wildman–Crippen MR) is 113 cm³/mol. The highest BCUT2D eigenvalue weighted by Crippen LogP contribution is 2.27. The van der Waals surface area contributed by atoms with Crippen molar-refractivity contribution in [3.05, 3.63) is 63.6 Å². The lowest BCUT2D eigenvalue weighted by Gasteiger charge is -2.29. The van der Waals surface area contributed by atoms with E-state index in [1.54, 1.807) is 36.4 Å². The van der Waals surface area contributed by atoms with Gasteiger partial charge in [-0.1, -0.05) is 22.0 Å². The molecule has 154 valence electrons. The summed E-state index contributed by atoms with van der Waals surface area (Å²) in [6.07, 6.45) is 0.198. The maximum absolute atomic E-state index is 12.5. The van der Waals surface area contributed by atoms with Crippen molar-refractivity contribution in [2.24, 2.45) is 0 Å². The number of halogens is 1. The van der Waals surface area contributed by atoms with Gasteiger partial charge in [-0.15, -0.1) is 0 Å². The van der Waals surface area contributed by atoms with Crippen LogP contribution in [-0.2, 0) is 22.7 Å². The number of amides is 4. The molecule has 1 saturated heterocycles. The summed E-state index contributed by atoms with van der Waals surface area (Å²) in [7, 11) is 0. The first kappa shape index (κ1) is 20.2. The second-order valence-electron chi connectivity index (χ2n) is 7.28. The molecule has 3 N–H and O–H groups in total. The van der Waals surface area contributed by atoms with E-state index in [9.17, 15) is 19.2 Å². The summed E-state index contributed by atoms with van der Waals surface area (Å²) in [4.78, 5) is 50.3. The minimum Gasteiger partial charge on any atom is -0.348 e. The van der Waals surface area contributed by atoms with Gasteiger partial charge in [-0.05, 0) is 47.5 Å². The molecular formula is C21H19BrN4O4. The summed E-state index contributed by atoms with van der Waals surface area (Å²) in [5, 5.41) is 7.54. The number of anilines is 1. The monoisotopic (exact) mass is 470 g/mol. The van der Waals surface area contributed by atoms with Crippen LogP contribution in [0.1, 0.15) is 27.9 Å². The predicted octanol–water partition coefficient (Wildman–Crippen LogP) is 2.18. The number of nitrogens with one attached hydrogen (secondary N) is 3. The molecule has 2 aromatic rings. The molecule has 2 aliphatic rings. The second-order valence-corrected chi connectivity index (χ2v) is 8.20. The van der Waals surface area contributed by atoms with E-state index in [1.165, 1.54) is 0 Å². The second kappa shape index (κ2) is 8.37. The number of fused-ring (bicyclic) bond motifs is 1. The minimum absolute atomic E-state index is 0.00686. The Balaban J connectivity index is 1.39. The summed E-state index contributed by atoms with van der Waals surface area (Å²) in [6.45, 7) is 1.09. The number of benzene rings is 2. The lowest BCUT2D eigenvalue weighted by molar-refractivity contribution is -0.135. The molecule has 1 fully saturated rings. The molecule has 2 heterocycles. The van der Waals surface area contributed by atoms with Crippen LogP contribution in [0.25, 0.3) is 0 Å². The van der Waals surface area contributed by atoms with Crippen molar-refractivity contribution in [3.8, 4) is 0 Å². The van der Waals surface area contributed by atoms with E-state index in [4.69, 9.17) is 0 Å². The van der Waals surface area contributed by atoms with Gasteiger partial charge in [-0.25, -0.2) is 4.79 Å². The van der Waals surface area contributed by atoms with Crippen LogP contribution in [0.15, 0.2) is 46.9 Å². The summed E-state index contributed by atoms with van der Waals surface area (Å²) >= 11 is 3.32. The van der Waals surface area contributed by atoms with Crippen LogP contribution in [0.3, 0.4) is 0 Å². The van der Waals surface area contributed by atoms with Crippen molar-refractivity contribution in [3.63, 3.8) is 0 Å². The zero-order valence-electron chi connectivity index (χ0n) is 15.9. The summed E-state index contributed by atoms with van der Waals surface area (Å²) in [5.41, 5.74) is 2.82. The Morgan fingerprint density at radius 2 is 1.77 bits per heavy atom. The molecule has 8 nitrogen and oxygen atoms in total. The zero-order valence-corrected chi connectivity index (χ0v) is 17.5. The van der Waals surface area contributed by atoms with Crippen molar-refractivity contribution in [1.82, 2.24) is 15.5 Å². The first-order valence-electron chi connectivity index (χ1n) is 9.42. The molecule has 2 aliphatic heterocycles. The Labute approximate surface area is 181 Å². The van der Waals surface area contributed by atoms with Crippen LogP contribution in [0, 0.1) is 0 Å². The number of hydrogen-bond acceptors (Lipinski definition) is 5. The van der Waals surface area contributed by atoms with Crippen molar-refractivity contribution >= 4 is 45.2 Å². The fourth-order valence-electron chi connectivity index (χ4n) is 3.63. The van der Waals surface area contributed by atoms with E-state index in [-0.39, 0.29) is 24.7 Å². The number of piperidine rings is 1. The fraction of sp³-hybridized carbons (Fsp3) is 0.238. The molecule has 4 amide bonds. The van der Waals surface area contributed by atoms with Gasteiger partial charge in [-0.2, -0.15) is 0 Å². The molecular weight excluding hydrogens is 452 g/mol. The average Bonchev–Trinajstić information content (AvgIpc) is 3.14. The molecule has 0 aliphatic carbocycles. The third-order valence-electron chi connectivity index (χ3n) is 5.17. The van der Waals surface area contributed by atoms with Gasteiger partial charge in [0.15, 0.2) is 5.78 Å². The third-order valence-corrected chi connectivity index (χ3v) is 5.70. The number of rotatable bonds is 3. The molecule has 2 aromatic carbocycles. The van der Waals surface area contributed by atoms with Crippen LogP contribution < -0.4 is 16.0 Å². The van der Waals surface area contributed by atoms with Gasteiger partial charge in [-0.3, -0.25) is 24.6 Å². The van der Waals surface area contributed by atoms with Crippen molar-refractivity contribution in [1.29, 1.82) is 0 Å². The Morgan fingerprint density at radius 3 is 2.53 bits per heavy atom. The Bertz CT molecular complexity index is 1040. The summed E-state index contributed by atoms with van der Waals surface area (Å²) in [5.74, 6) is -0.658. The Kier molecular flexibility index (Phi) is 5.65. The molecule has 9 heteroatoms. The van der Waals surface area contributed by atoms with Gasteiger partial charge in [0.05, 0.1) is 12.6 Å². The topological polar surface area (TPSA) is 108 Å². The molecule has 0 radical (unpaired) electrons. The van der Waals surface area contributed by atoms with Crippen LogP contribution in [0.4, 0.5) is 10.5 Å². The molecule has 4 rings (SSSR count). The highest BCUT2D eigenvalue weighted by Gasteiger charge is 2.35. The minimum atomic E-state index is -0.623. The highest BCUT2D eigenvalue weighted by molar-refractivity contribution is 9.10. The number of carbonyl (C=O) groups excluding carboxylic acids is 4. The van der Waals surface area contributed by atoms with E-state index in [0.717, 1.165) is 15.6 Å². The largest absolute Gasteiger partial charge is 0.348 e. The molecule has 30 heavy (non-hydrogen) atoms. The summed E-state index contributed by atoms with van der Waals surface area (Å²) < 4.78 is 0.881. The van der Waals surface area contributed by atoms with Gasteiger partial charge < -0.3 is 10.6 Å². The lowest BCUT2D eigenvalue weighted by Crippen LogP contribution is -2.52. The van der Waals surface area contributed by atoms with Crippen LogP contribution in [0.2, 0.25) is 0 Å². The highest BCUT2D eigenvalue weighted by atomic mass is 79.9. The number of imide groups is 1. The van der Waals surface area contributed by atoms with E-state index >= 15 is 0 Å². The molecule has 0 bridgehead atoms. The van der Waals surface area contributed by atoms with Gasteiger partial charge in [0, 0.05) is 35.2 Å². The van der Waals surface area contributed by atoms with E-state index in [1.807, 2.05) is 11.0 Å². The van der Waals surface area contributed by atoms with Crippen LogP contribution in [-0.4, -0.2) is 41.1 Å². The van der Waals surface area contributed by atoms with Gasteiger partial charge in [0.1, 0.15) is 0 Å². The first-order chi connectivity index (χ1) is 14.4. The van der Waals surface area contributed by atoms with Crippen molar-refractivity contribution < 1.29 is 19.2 Å². The molecule has 0 saturated carbocycles. The molecule has 0 aromatic heterocycles.